The molecular formula is C31H36ClN3O5. The lowest BCUT2D eigenvalue weighted by atomic mass is 10.0. The Kier molecular flexibility index (Phi) is 12.8. The quantitative estimate of drug-likeness (QED) is 0.168. The Morgan fingerprint density at radius 2 is 1.25 bits per heavy atom. The molecule has 3 aromatic carbocycles. The highest BCUT2D eigenvalue weighted by molar-refractivity contribution is 6.21. The number of alkyl halides is 1. The SMILES string of the molecule is CC(NC(=O)C(CCCCNC(=O)OCc1ccccc1)NC(=O)OCc1ccccc1)C(Cl)c1ccccc1. The third-order valence-electron chi connectivity index (χ3n) is 6.15. The number of rotatable bonds is 14. The lowest BCUT2D eigenvalue weighted by molar-refractivity contribution is -0.123. The summed E-state index contributed by atoms with van der Waals surface area (Å²) >= 11 is 6.59. The van der Waals surface area contributed by atoms with Crippen LogP contribution in [0.1, 0.15) is 48.3 Å². The van der Waals surface area contributed by atoms with Gasteiger partial charge in [0.2, 0.25) is 5.91 Å². The van der Waals surface area contributed by atoms with E-state index in [1.54, 1.807) is 0 Å². The molecule has 3 atom stereocenters. The number of carbonyl (C=O) groups is 3. The first-order chi connectivity index (χ1) is 19.4. The molecule has 0 aliphatic rings. The Bertz CT molecular complexity index is 1180. The van der Waals surface area contributed by atoms with Gasteiger partial charge in [0, 0.05) is 12.6 Å². The van der Waals surface area contributed by atoms with Crippen LogP contribution in [0.15, 0.2) is 91.0 Å². The molecule has 3 aromatic rings. The number of unbranched alkanes of at least 4 members (excludes halogenated alkanes) is 1. The second-order valence-corrected chi connectivity index (χ2v) is 9.82. The van der Waals surface area contributed by atoms with Gasteiger partial charge in [0.25, 0.3) is 0 Å². The van der Waals surface area contributed by atoms with Crippen molar-refractivity contribution in [3.05, 3.63) is 108 Å². The van der Waals surface area contributed by atoms with E-state index in [1.807, 2.05) is 97.9 Å². The van der Waals surface area contributed by atoms with Crippen molar-refractivity contribution in [1.29, 1.82) is 0 Å². The average Bonchev–Trinajstić information content (AvgIpc) is 2.99. The number of hydrogen-bond donors (Lipinski definition) is 3. The van der Waals surface area contributed by atoms with Crippen molar-refractivity contribution in [3.63, 3.8) is 0 Å². The van der Waals surface area contributed by atoms with Gasteiger partial charge in [-0.25, -0.2) is 9.59 Å². The first-order valence-electron chi connectivity index (χ1n) is 13.3. The summed E-state index contributed by atoms with van der Waals surface area (Å²) in [6, 6.07) is 26.9. The van der Waals surface area contributed by atoms with E-state index in [2.05, 4.69) is 16.0 Å². The summed E-state index contributed by atoms with van der Waals surface area (Å²) < 4.78 is 10.5. The Labute approximate surface area is 240 Å². The van der Waals surface area contributed by atoms with Crippen LogP contribution < -0.4 is 16.0 Å². The van der Waals surface area contributed by atoms with Crippen LogP contribution >= 0.6 is 11.6 Å². The third kappa shape index (κ3) is 11.0. The van der Waals surface area contributed by atoms with Gasteiger partial charge in [-0.05, 0) is 42.9 Å². The molecule has 0 bridgehead atoms. The van der Waals surface area contributed by atoms with Crippen LogP contribution in [-0.4, -0.2) is 36.7 Å². The lowest BCUT2D eigenvalue weighted by Gasteiger charge is -2.24. The summed E-state index contributed by atoms with van der Waals surface area (Å²) in [6.45, 7) is 2.46. The Hall–Kier alpha value is -4.04. The van der Waals surface area contributed by atoms with Gasteiger partial charge in [-0.1, -0.05) is 91.0 Å². The molecule has 9 heteroatoms. The highest BCUT2D eigenvalue weighted by atomic mass is 35.5. The van der Waals surface area contributed by atoms with Crippen LogP contribution in [0.25, 0.3) is 0 Å². The van der Waals surface area contributed by atoms with Gasteiger partial charge < -0.3 is 25.4 Å². The van der Waals surface area contributed by atoms with E-state index in [0.717, 1.165) is 16.7 Å². The summed E-state index contributed by atoms with van der Waals surface area (Å²) in [5.74, 6) is -0.360. The van der Waals surface area contributed by atoms with Crippen molar-refractivity contribution in [1.82, 2.24) is 16.0 Å². The Balaban J connectivity index is 1.48. The summed E-state index contributed by atoms with van der Waals surface area (Å²) in [6.07, 6.45) is 0.294. The number of halogens is 1. The predicted molar refractivity (Wildman–Crippen MR) is 155 cm³/mol. The minimum atomic E-state index is -0.838. The summed E-state index contributed by atoms with van der Waals surface area (Å²) in [5.41, 5.74) is 2.62. The maximum Gasteiger partial charge on any atom is 0.408 e. The predicted octanol–water partition coefficient (Wildman–Crippen LogP) is 5.86. The summed E-state index contributed by atoms with van der Waals surface area (Å²) in [7, 11) is 0. The maximum atomic E-state index is 13.2. The topological polar surface area (TPSA) is 106 Å². The highest BCUT2D eigenvalue weighted by Crippen LogP contribution is 2.24. The molecule has 0 spiro atoms. The highest BCUT2D eigenvalue weighted by Gasteiger charge is 2.25. The molecule has 8 nitrogen and oxygen atoms in total. The molecule has 40 heavy (non-hydrogen) atoms. The van der Waals surface area contributed by atoms with Gasteiger partial charge in [-0.3, -0.25) is 4.79 Å². The first-order valence-corrected chi connectivity index (χ1v) is 13.8. The molecule has 0 aliphatic heterocycles. The fourth-order valence-electron chi connectivity index (χ4n) is 3.94. The zero-order valence-corrected chi connectivity index (χ0v) is 23.3. The Morgan fingerprint density at radius 3 is 1.82 bits per heavy atom. The standard InChI is InChI=1S/C31H36ClN3O5/c1-23(28(32)26-17-9-4-10-18-26)34-29(36)27(35-31(38)40-22-25-15-7-3-8-16-25)19-11-12-20-33-30(37)39-21-24-13-5-2-6-14-24/h2-10,13-18,23,27-28H,11-12,19-22H2,1H3,(H,33,37)(H,34,36)(H,35,38). The average molecular weight is 566 g/mol. The van der Waals surface area contributed by atoms with Crippen LogP contribution in [0, 0.1) is 0 Å². The van der Waals surface area contributed by atoms with Gasteiger partial charge in [0.05, 0.1) is 5.38 Å². The molecular weight excluding hydrogens is 530 g/mol. The molecule has 212 valence electrons. The zero-order valence-electron chi connectivity index (χ0n) is 22.6. The second-order valence-electron chi connectivity index (χ2n) is 9.35. The van der Waals surface area contributed by atoms with E-state index in [4.69, 9.17) is 21.1 Å². The van der Waals surface area contributed by atoms with Gasteiger partial charge in [-0.15, -0.1) is 11.6 Å². The van der Waals surface area contributed by atoms with E-state index in [0.29, 0.717) is 25.8 Å². The number of alkyl carbamates (subject to hydrolysis) is 2. The molecule has 3 unspecified atom stereocenters. The molecule has 0 saturated heterocycles. The van der Waals surface area contributed by atoms with Gasteiger partial charge >= 0.3 is 12.2 Å². The van der Waals surface area contributed by atoms with Crippen molar-refractivity contribution in [2.45, 2.75) is 56.9 Å². The van der Waals surface area contributed by atoms with Crippen molar-refractivity contribution in [2.75, 3.05) is 6.54 Å². The molecule has 3 rings (SSSR count). The minimum Gasteiger partial charge on any atom is -0.445 e. The fraction of sp³-hybridized carbons (Fsp3) is 0.323. The molecule has 0 saturated carbocycles. The van der Waals surface area contributed by atoms with E-state index >= 15 is 0 Å². The molecule has 3 N–H and O–H groups in total. The molecule has 0 aliphatic carbocycles. The van der Waals surface area contributed by atoms with Crippen molar-refractivity contribution in [3.8, 4) is 0 Å². The third-order valence-corrected chi connectivity index (χ3v) is 6.78. The van der Waals surface area contributed by atoms with Crippen LogP contribution in [0.5, 0.6) is 0 Å². The van der Waals surface area contributed by atoms with E-state index in [9.17, 15) is 14.4 Å². The molecule has 0 aromatic heterocycles. The summed E-state index contributed by atoms with van der Waals surface area (Å²) in [5, 5.41) is 7.87. The van der Waals surface area contributed by atoms with E-state index < -0.39 is 23.6 Å². The van der Waals surface area contributed by atoms with Crippen molar-refractivity contribution < 1.29 is 23.9 Å². The van der Waals surface area contributed by atoms with Crippen molar-refractivity contribution in [2.24, 2.45) is 0 Å². The van der Waals surface area contributed by atoms with Crippen LogP contribution in [0.3, 0.4) is 0 Å². The monoisotopic (exact) mass is 565 g/mol. The van der Waals surface area contributed by atoms with Crippen LogP contribution in [-0.2, 0) is 27.5 Å². The molecule has 0 heterocycles. The molecule has 0 fully saturated rings. The number of ether oxygens (including phenoxy) is 2. The Morgan fingerprint density at radius 1 is 0.725 bits per heavy atom. The van der Waals surface area contributed by atoms with E-state index in [-0.39, 0.29) is 25.2 Å². The smallest absolute Gasteiger partial charge is 0.408 e. The lowest BCUT2D eigenvalue weighted by Crippen LogP contribution is -2.50. The first kappa shape index (κ1) is 30.5. The fourth-order valence-corrected chi connectivity index (χ4v) is 4.15. The number of nitrogens with one attached hydrogen (secondary N) is 3. The number of amides is 3. The van der Waals surface area contributed by atoms with Gasteiger partial charge in [0.15, 0.2) is 0 Å². The van der Waals surface area contributed by atoms with Gasteiger partial charge in [-0.2, -0.15) is 0 Å². The van der Waals surface area contributed by atoms with Gasteiger partial charge in [0.1, 0.15) is 19.3 Å². The van der Waals surface area contributed by atoms with Crippen molar-refractivity contribution >= 4 is 29.7 Å². The number of benzene rings is 3. The van der Waals surface area contributed by atoms with Crippen LogP contribution in [0.4, 0.5) is 9.59 Å². The van der Waals surface area contributed by atoms with Crippen LogP contribution in [0.2, 0.25) is 0 Å². The number of hydrogen-bond acceptors (Lipinski definition) is 5. The second kappa shape index (κ2) is 16.8. The normalized spacial score (nSPS) is 12.8. The largest absolute Gasteiger partial charge is 0.445 e. The zero-order chi connectivity index (χ0) is 28.6. The van der Waals surface area contributed by atoms with E-state index in [1.165, 1.54) is 0 Å². The maximum absolute atomic E-state index is 13.2. The minimum absolute atomic E-state index is 0.0875. The summed E-state index contributed by atoms with van der Waals surface area (Å²) in [4.78, 5) is 37.7. The number of carbonyl (C=O) groups excluding carboxylic acids is 3. The molecule has 0 radical (unpaired) electrons. The molecule has 3 amide bonds.